The predicted octanol–water partition coefficient (Wildman–Crippen LogP) is 3.72. The van der Waals surface area contributed by atoms with Gasteiger partial charge in [-0.3, -0.25) is 9.69 Å². The zero-order valence-corrected chi connectivity index (χ0v) is 15.6. The summed E-state index contributed by atoms with van der Waals surface area (Å²) in [7, 11) is 0. The number of piperidine rings is 1. The summed E-state index contributed by atoms with van der Waals surface area (Å²) in [6.07, 6.45) is 2.61. The largest absolute Gasteiger partial charge is 0.440 e. The highest BCUT2D eigenvalue weighted by molar-refractivity contribution is 5.94. The van der Waals surface area contributed by atoms with E-state index in [1.54, 1.807) is 13.0 Å². The smallest absolute Gasteiger partial charge is 0.242 e. The van der Waals surface area contributed by atoms with Gasteiger partial charge in [-0.05, 0) is 51.4 Å². The van der Waals surface area contributed by atoms with Crippen molar-refractivity contribution in [1.82, 2.24) is 15.0 Å². The third-order valence-corrected chi connectivity index (χ3v) is 5.20. The maximum absolute atomic E-state index is 12.7. The van der Waals surface area contributed by atoms with Crippen LogP contribution < -0.4 is 5.32 Å². The van der Waals surface area contributed by atoms with Crippen molar-refractivity contribution in [2.24, 2.45) is 0 Å². The summed E-state index contributed by atoms with van der Waals surface area (Å²) >= 11 is 0. The van der Waals surface area contributed by atoms with Crippen molar-refractivity contribution in [2.45, 2.75) is 45.1 Å². The number of hydrogen-bond donors (Lipinski definition) is 1. The number of hydrogen-bond acceptors (Lipinski definition) is 6. The van der Waals surface area contributed by atoms with Crippen LogP contribution in [0.4, 0.5) is 5.82 Å². The van der Waals surface area contributed by atoms with E-state index in [0.29, 0.717) is 17.5 Å². The number of rotatable bonds is 5. The Labute approximate surface area is 157 Å². The molecule has 0 spiro atoms. The van der Waals surface area contributed by atoms with Crippen molar-refractivity contribution < 1.29 is 13.7 Å². The van der Waals surface area contributed by atoms with Crippen LogP contribution in [0.1, 0.15) is 43.8 Å². The molecule has 1 saturated heterocycles. The average molecular weight is 368 g/mol. The number of oxazole rings is 1. The highest BCUT2D eigenvalue weighted by Crippen LogP contribution is 2.31. The number of para-hydroxylation sites is 2. The minimum Gasteiger partial charge on any atom is -0.440 e. The van der Waals surface area contributed by atoms with Gasteiger partial charge in [0.2, 0.25) is 5.91 Å². The van der Waals surface area contributed by atoms with Crippen molar-refractivity contribution in [1.29, 1.82) is 0 Å². The fraction of sp³-hybridized carbons (Fsp3) is 0.450. The van der Waals surface area contributed by atoms with Crippen molar-refractivity contribution in [3.8, 4) is 0 Å². The quantitative estimate of drug-likeness (QED) is 0.739. The molecule has 7 nitrogen and oxygen atoms in total. The van der Waals surface area contributed by atoms with E-state index in [4.69, 9.17) is 8.94 Å². The highest BCUT2D eigenvalue weighted by atomic mass is 16.5. The molecule has 1 N–H and O–H groups in total. The number of anilines is 1. The first-order valence-corrected chi connectivity index (χ1v) is 9.47. The normalized spacial score (nSPS) is 17.3. The number of carbonyl (C=O) groups is 1. The lowest BCUT2D eigenvalue weighted by molar-refractivity contribution is -0.121. The van der Waals surface area contributed by atoms with Gasteiger partial charge in [0.25, 0.3) is 0 Å². The van der Waals surface area contributed by atoms with Crippen molar-refractivity contribution >= 4 is 22.8 Å². The Morgan fingerprint density at radius 2 is 2.11 bits per heavy atom. The molecule has 3 heterocycles. The summed E-state index contributed by atoms with van der Waals surface area (Å²) < 4.78 is 10.9. The minimum absolute atomic E-state index is 0.0360. The van der Waals surface area contributed by atoms with Gasteiger partial charge < -0.3 is 14.3 Å². The summed E-state index contributed by atoms with van der Waals surface area (Å²) in [4.78, 5) is 19.5. The Hall–Kier alpha value is -2.67. The van der Waals surface area contributed by atoms with E-state index in [0.717, 1.165) is 49.3 Å². The van der Waals surface area contributed by atoms with Gasteiger partial charge in [0.1, 0.15) is 11.3 Å². The van der Waals surface area contributed by atoms with Crippen LogP contribution in [0.5, 0.6) is 0 Å². The standard InChI is InChI=1S/C20H24N4O3/c1-3-16(19(25)22-18-12-13(2)27-23-18)24-10-8-14(9-11-24)20-21-15-6-4-5-7-17(15)26-20/h4-7,12,14,16H,3,8-11H2,1-2H3,(H,22,23,25)/t16-/m0/s1. The Kier molecular flexibility index (Phi) is 4.94. The molecule has 7 heteroatoms. The van der Waals surface area contributed by atoms with Crippen LogP contribution in [0.15, 0.2) is 39.3 Å². The Balaban J connectivity index is 1.38. The van der Waals surface area contributed by atoms with Crippen molar-refractivity contribution in [3.05, 3.63) is 42.0 Å². The van der Waals surface area contributed by atoms with Crippen LogP contribution in [0.3, 0.4) is 0 Å². The van der Waals surface area contributed by atoms with Gasteiger partial charge >= 0.3 is 0 Å². The van der Waals surface area contributed by atoms with Crippen LogP contribution >= 0.6 is 0 Å². The number of fused-ring (bicyclic) bond motifs is 1. The Bertz CT molecular complexity index is 891. The lowest BCUT2D eigenvalue weighted by atomic mass is 9.95. The lowest BCUT2D eigenvalue weighted by Gasteiger charge is -2.35. The summed E-state index contributed by atoms with van der Waals surface area (Å²) in [5.74, 6) is 2.22. The Morgan fingerprint density at radius 1 is 1.33 bits per heavy atom. The van der Waals surface area contributed by atoms with E-state index in [1.807, 2.05) is 31.2 Å². The third kappa shape index (κ3) is 3.73. The number of likely N-dealkylation sites (tertiary alicyclic amines) is 1. The molecule has 1 fully saturated rings. The van der Waals surface area contributed by atoms with Crippen LogP contribution in [0.25, 0.3) is 11.1 Å². The molecule has 1 aromatic carbocycles. The SMILES string of the molecule is CC[C@@H](C(=O)Nc1cc(C)on1)N1CCC(c2nc3ccccc3o2)CC1. The van der Waals surface area contributed by atoms with E-state index in [1.165, 1.54) is 0 Å². The molecule has 1 aliphatic rings. The monoisotopic (exact) mass is 368 g/mol. The zero-order chi connectivity index (χ0) is 18.8. The molecular weight excluding hydrogens is 344 g/mol. The maximum Gasteiger partial charge on any atom is 0.242 e. The van der Waals surface area contributed by atoms with Gasteiger partial charge in [0.15, 0.2) is 17.3 Å². The summed E-state index contributed by atoms with van der Waals surface area (Å²) in [6.45, 7) is 5.52. The Morgan fingerprint density at radius 3 is 2.78 bits per heavy atom. The molecule has 3 aromatic rings. The average Bonchev–Trinajstić information content (AvgIpc) is 3.29. The molecule has 0 saturated carbocycles. The second-order valence-corrected chi connectivity index (χ2v) is 7.07. The van der Waals surface area contributed by atoms with Crippen molar-refractivity contribution in [2.75, 3.05) is 18.4 Å². The second kappa shape index (κ2) is 7.52. The number of nitrogens with one attached hydrogen (secondary N) is 1. The van der Waals surface area contributed by atoms with E-state index >= 15 is 0 Å². The molecule has 1 atom stereocenters. The number of amides is 1. The van der Waals surface area contributed by atoms with E-state index < -0.39 is 0 Å². The molecule has 2 aromatic heterocycles. The van der Waals surface area contributed by atoms with Gasteiger partial charge in [0, 0.05) is 12.0 Å². The topological polar surface area (TPSA) is 84.4 Å². The summed E-state index contributed by atoms with van der Waals surface area (Å²) in [6, 6.07) is 9.40. The van der Waals surface area contributed by atoms with Crippen LogP contribution in [-0.4, -0.2) is 40.1 Å². The van der Waals surface area contributed by atoms with Gasteiger partial charge in [-0.2, -0.15) is 0 Å². The van der Waals surface area contributed by atoms with Gasteiger partial charge in [-0.15, -0.1) is 0 Å². The van der Waals surface area contributed by atoms with Crippen LogP contribution in [0, 0.1) is 6.92 Å². The molecule has 142 valence electrons. The van der Waals surface area contributed by atoms with Gasteiger partial charge in [-0.1, -0.05) is 24.2 Å². The molecule has 1 aliphatic heterocycles. The molecule has 1 amide bonds. The van der Waals surface area contributed by atoms with Crippen LogP contribution in [0.2, 0.25) is 0 Å². The van der Waals surface area contributed by atoms with Crippen molar-refractivity contribution in [3.63, 3.8) is 0 Å². The van der Waals surface area contributed by atoms with Crippen LogP contribution in [-0.2, 0) is 4.79 Å². The summed E-state index contributed by atoms with van der Waals surface area (Å²) in [5.41, 5.74) is 1.74. The van der Waals surface area contributed by atoms with Gasteiger partial charge in [-0.25, -0.2) is 4.98 Å². The second-order valence-electron chi connectivity index (χ2n) is 7.07. The number of aryl methyl sites for hydroxylation is 1. The zero-order valence-electron chi connectivity index (χ0n) is 15.6. The first-order chi connectivity index (χ1) is 13.1. The molecule has 0 unspecified atom stereocenters. The molecule has 4 rings (SSSR count). The molecule has 27 heavy (non-hydrogen) atoms. The maximum atomic E-state index is 12.7. The first-order valence-electron chi connectivity index (χ1n) is 9.47. The predicted molar refractivity (Wildman–Crippen MR) is 102 cm³/mol. The summed E-state index contributed by atoms with van der Waals surface area (Å²) in [5, 5.41) is 6.70. The number of aromatic nitrogens is 2. The van der Waals surface area contributed by atoms with Gasteiger partial charge in [0.05, 0.1) is 6.04 Å². The third-order valence-electron chi connectivity index (χ3n) is 5.20. The molecule has 0 bridgehead atoms. The molecule has 0 radical (unpaired) electrons. The number of nitrogens with zero attached hydrogens (tertiary/aromatic N) is 3. The molecule has 0 aliphatic carbocycles. The molecular formula is C20H24N4O3. The first kappa shape index (κ1) is 17.7. The highest BCUT2D eigenvalue weighted by Gasteiger charge is 2.31. The van der Waals surface area contributed by atoms with E-state index in [9.17, 15) is 4.79 Å². The fourth-order valence-corrected chi connectivity index (χ4v) is 3.77. The fourth-order valence-electron chi connectivity index (χ4n) is 3.77. The minimum atomic E-state index is -0.174. The number of carbonyl (C=O) groups excluding carboxylic acids is 1. The lowest BCUT2D eigenvalue weighted by Crippen LogP contribution is -2.47. The van der Waals surface area contributed by atoms with E-state index in [-0.39, 0.29) is 11.9 Å². The van der Waals surface area contributed by atoms with E-state index in [2.05, 4.69) is 20.4 Å². The number of benzene rings is 1.